The maximum atomic E-state index is 8.80. The average molecular weight is 334 g/mol. The highest BCUT2D eigenvalue weighted by molar-refractivity contribution is 6.85. The third-order valence-corrected chi connectivity index (χ3v) is 7.53. The minimum Gasteiger partial charge on any atom is -0.468 e. The molecule has 0 aliphatic carbocycles. The van der Waals surface area contributed by atoms with E-state index < -0.39 is 8.80 Å². The number of benzene rings is 3. The predicted octanol–water partition coefficient (Wildman–Crippen LogP) is 2.60. The molecule has 24 heavy (non-hydrogen) atoms. The van der Waals surface area contributed by atoms with Crippen molar-refractivity contribution in [3.63, 3.8) is 0 Å². The number of rotatable bonds is 7. The van der Waals surface area contributed by atoms with Crippen molar-refractivity contribution in [3.8, 4) is 5.75 Å². The lowest BCUT2D eigenvalue weighted by Gasteiger charge is -2.16. The van der Waals surface area contributed by atoms with Gasteiger partial charge in [0.25, 0.3) is 0 Å². The van der Waals surface area contributed by atoms with Crippen molar-refractivity contribution < 1.29 is 9.84 Å². The smallest absolute Gasteiger partial charge is 0.186 e. The normalized spacial score (nSPS) is 10.8. The van der Waals surface area contributed by atoms with Gasteiger partial charge in [-0.05, 0) is 30.2 Å². The third-order valence-electron chi connectivity index (χ3n) is 4.28. The Labute approximate surface area is 145 Å². The van der Waals surface area contributed by atoms with Crippen LogP contribution in [0.3, 0.4) is 0 Å². The summed E-state index contributed by atoms with van der Waals surface area (Å²) in [5.74, 6) is 0.709. The van der Waals surface area contributed by atoms with Gasteiger partial charge in [-0.2, -0.15) is 0 Å². The highest BCUT2D eigenvalue weighted by atomic mass is 28.3. The fourth-order valence-electron chi connectivity index (χ4n) is 3.03. The number of hydrogen-bond acceptors (Lipinski definition) is 2. The summed E-state index contributed by atoms with van der Waals surface area (Å²) in [6.07, 6.45) is 1.06. The van der Waals surface area contributed by atoms with E-state index in [2.05, 4.69) is 72.8 Å². The van der Waals surface area contributed by atoms with E-state index in [1.54, 1.807) is 0 Å². The SMILES string of the molecule is OCOc1ccc(CC[SiH](c2ccccc2)c2ccccc2)cc1. The second-order valence-electron chi connectivity index (χ2n) is 5.83. The molecule has 0 amide bonds. The summed E-state index contributed by atoms with van der Waals surface area (Å²) in [4.78, 5) is 0. The van der Waals surface area contributed by atoms with Crippen LogP contribution in [0.1, 0.15) is 5.56 Å². The van der Waals surface area contributed by atoms with Gasteiger partial charge >= 0.3 is 0 Å². The van der Waals surface area contributed by atoms with Crippen molar-refractivity contribution in [2.24, 2.45) is 0 Å². The maximum Gasteiger partial charge on any atom is 0.186 e. The van der Waals surface area contributed by atoms with Crippen molar-refractivity contribution in [1.29, 1.82) is 0 Å². The molecule has 0 saturated carbocycles. The first-order chi connectivity index (χ1) is 11.9. The minimum absolute atomic E-state index is 0.281. The van der Waals surface area contributed by atoms with Crippen LogP contribution in [0.2, 0.25) is 6.04 Å². The van der Waals surface area contributed by atoms with Gasteiger partial charge in [0.15, 0.2) is 6.79 Å². The molecule has 1 N–H and O–H groups in total. The van der Waals surface area contributed by atoms with Crippen molar-refractivity contribution >= 4 is 19.2 Å². The van der Waals surface area contributed by atoms with Gasteiger partial charge in [-0.25, -0.2) is 0 Å². The van der Waals surface area contributed by atoms with Crippen LogP contribution < -0.4 is 15.1 Å². The van der Waals surface area contributed by atoms with E-state index in [9.17, 15) is 0 Å². The molecule has 2 nitrogen and oxygen atoms in total. The molecular formula is C21H22O2Si. The highest BCUT2D eigenvalue weighted by Gasteiger charge is 2.15. The largest absolute Gasteiger partial charge is 0.468 e. The Kier molecular flexibility index (Phi) is 5.83. The van der Waals surface area contributed by atoms with Crippen LogP contribution in [-0.2, 0) is 6.42 Å². The number of hydrogen-bond donors (Lipinski definition) is 1. The monoisotopic (exact) mass is 334 g/mol. The van der Waals surface area contributed by atoms with Gasteiger partial charge in [0.1, 0.15) is 14.5 Å². The molecule has 3 aromatic rings. The molecule has 0 radical (unpaired) electrons. The number of aliphatic hydroxyl groups is 1. The van der Waals surface area contributed by atoms with Gasteiger partial charge in [-0.15, -0.1) is 0 Å². The summed E-state index contributed by atoms with van der Waals surface area (Å²) >= 11 is 0. The van der Waals surface area contributed by atoms with E-state index >= 15 is 0 Å². The summed E-state index contributed by atoms with van der Waals surface area (Å²) in [5, 5.41) is 11.8. The summed E-state index contributed by atoms with van der Waals surface area (Å²) in [6.45, 7) is -0.281. The number of aryl methyl sites for hydroxylation is 1. The Morgan fingerprint density at radius 2 is 1.25 bits per heavy atom. The topological polar surface area (TPSA) is 29.5 Å². The molecule has 0 heterocycles. The van der Waals surface area contributed by atoms with E-state index in [4.69, 9.17) is 9.84 Å². The second kappa shape index (κ2) is 8.48. The standard InChI is InChI=1S/C21H22O2Si/c22-17-23-19-13-11-18(12-14-19)15-16-24(20-7-3-1-4-8-20)21-9-5-2-6-10-21/h1-14,22,24H,15-17H2. The van der Waals surface area contributed by atoms with Crippen molar-refractivity contribution in [2.45, 2.75) is 12.5 Å². The Morgan fingerprint density at radius 1 is 0.708 bits per heavy atom. The van der Waals surface area contributed by atoms with Crippen LogP contribution in [0, 0.1) is 0 Å². The van der Waals surface area contributed by atoms with Crippen LogP contribution in [0.25, 0.3) is 0 Å². The lowest BCUT2D eigenvalue weighted by Crippen LogP contribution is -2.42. The molecule has 0 spiro atoms. The summed E-state index contributed by atoms with van der Waals surface area (Å²) in [6, 6.07) is 31.0. The zero-order chi connectivity index (χ0) is 16.6. The van der Waals surface area contributed by atoms with Crippen LogP contribution in [-0.4, -0.2) is 20.7 Å². The Morgan fingerprint density at radius 3 is 1.75 bits per heavy atom. The maximum absolute atomic E-state index is 8.80. The zero-order valence-corrected chi connectivity index (χ0v) is 14.8. The highest BCUT2D eigenvalue weighted by Crippen LogP contribution is 2.14. The van der Waals surface area contributed by atoms with Gasteiger partial charge in [0, 0.05) is 0 Å². The summed E-state index contributed by atoms with van der Waals surface area (Å²) in [5.41, 5.74) is 1.31. The first-order valence-electron chi connectivity index (χ1n) is 8.29. The molecule has 0 aliphatic rings. The van der Waals surface area contributed by atoms with Crippen molar-refractivity contribution in [3.05, 3.63) is 90.5 Å². The molecule has 0 unspecified atom stereocenters. The average Bonchev–Trinajstić information content (AvgIpc) is 2.65. The molecule has 0 atom stereocenters. The van der Waals surface area contributed by atoms with Crippen LogP contribution in [0.15, 0.2) is 84.9 Å². The quantitative estimate of drug-likeness (QED) is 0.532. The fourth-order valence-corrected chi connectivity index (χ4v) is 6.08. The van der Waals surface area contributed by atoms with Crippen molar-refractivity contribution in [1.82, 2.24) is 0 Å². The second-order valence-corrected chi connectivity index (χ2v) is 8.85. The van der Waals surface area contributed by atoms with Gasteiger partial charge in [0.05, 0.1) is 0 Å². The van der Waals surface area contributed by atoms with Crippen molar-refractivity contribution in [2.75, 3.05) is 6.79 Å². The fraction of sp³-hybridized carbons (Fsp3) is 0.143. The molecule has 0 aliphatic heterocycles. The van der Waals surface area contributed by atoms with E-state index in [0.717, 1.165) is 6.42 Å². The van der Waals surface area contributed by atoms with E-state index in [-0.39, 0.29) is 6.79 Å². The van der Waals surface area contributed by atoms with E-state index in [0.29, 0.717) is 5.75 Å². The summed E-state index contributed by atoms with van der Waals surface area (Å²) in [7, 11) is -1.22. The first-order valence-corrected chi connectivity index (χ1v) is 10.3. The predicted molar refractivity (Wildman–Crippen MR) is 102 cm³/mol. The molecule has 3 rings (SSSR count). The Hall–Kier alpha value is -2.36. The lowest BCUT2D eigenvalue weighted by atomic mass is 10.2. The molecule has 3 heteroatoms. The molecule has 3 aromatic carbocycles. The minimum atomic E-state index is -1.22. The van der Waals surface area contributed by atoms with Gasteiger partial charge < -0.3 is 9.84 Å². The Balaban J connectivity index is 1.75. The molecular weight excluding hydrogens is 312 g/mol. The third kappa shape index (κ3) is 4.34. The first kappa shape index (κ1) is 16.5. The van der Waals surface area contributed by atoms with Crippen LogP contribution in [0.5, 0.6) is 5.75 Å². The molecule has 122 valence electrons. The summed E-state index contributed by atoms with van der Waals surface area (Å²) < 4.78 is 5.09. The zero-order valence-electron chi connectivity index (χ0n) is 13.6. The van der Waals surface area contributed by atoms with Gasteiger partial charge in [-0.3, -0.25) is 0 Å². The van der Waals surface area contributed by atoms with Gasteiger partial charge in [0.2, 0.25) is 0 Å². The van der Waals surface area contributed by atoms with Crippen LogP contribution >= 0.6 is 0 Å². The molecule has 0 fully saturated rings. The van der Waals surface area contributed by atoms with Gasteiger partial charge in [-0.1, -0.05) is 83.2 Å². The lowest BCUT2D eigenvalue weighted by molar-refractivity contribution is 0.0985. The number of aliphatic hydroxyl groups excluding tert-OH is 1. The number of ether oxygens (including phenoxy) is 1. The molecule has 0 saturated heterocycles. The van der Waals surface area contributed by atoms with E-state index in [1.807, 2.05) is 12.1 Å². The molecule has 0 bridgehead atoms. The van der Waals surface area contributed by atoms with Crippen LogP contribution in [0.4, 0.5) is 0 Å². The molecule has 0 aromatic heterocycles. The van der Waals surface area contributed by atoms with E-state index in [1.165, 1.54) is 22.0 Å². The Bertz CT molecular complexity index is 687.